The van der Waals surface area contributed by atoms with E-state index in [0.29, 0.717) is 16.5 Å². The maximum Gasteiger partial charge on any atom is 0.274 e. The van der Waals surface area contributed by atoms with Gasteiger partial charge in [-0.1, -0.05) is 31.2 Å². The SMILES string of the molecule is CCC1CCc2sc(-c3nnc(SCc4ccc(C(N)=O)cc4[N+](=O)[O-])n3C)cc2C1. The first-order valence-corrected chi connectivity index (χ1v) is 11.9. The third-order valence-corrected chi connectivity index (χ3v) is 8.04. The average molecular weight is 458 g/mol. The van der Waals surface area contributed by atoms with Crippen LogP contribution in [-0.4, -0.2) is 25.6 Å². The van der Waals surface area contributed by atoms with Crippen LogP contribution >= 0.6 is 23.1 Å². The average Bonchev–Trinajstić information content (AvgIpc) is 3.34. The fourth-order valence-corrected chi connectivity index (χ4v) is 6.00. The van der Waals surface area contributed by atoms with Gasteiger partial charge in [0.1, 0.15) is 0 Å². The van der Waals surface area contributed by atoms with Gasteiger partial charge in [-0.3, -0.25) is 14.9 Å². The number of benzene rings is 1. The third kappa shape index (κ3) is 4.35. The van der Waals surface area contributed by atoms with Gasteiger partial charge >= 0.3 is 0 Å². The van der Waals surface area contributed by atoms with Crippen molar-refractivity contribution >= 4 is 34.7 Å². The van der Waals surface area contributed by atoms with E-state index in [2.05, 4.69) is 23.2 Å². The van der Waals surface area contributed by atoms with Gasteiger partial charge in [0.2, 0.25) is 5.91 Å². The molecule has 1 atom stereocenters. The standard InChI is InChI=1S/C21H23N5O3S2/c1-3-12-4-7-17-15(8-12)10-18(31-17)20-23-24-21(25(20)2)30-11-14-6-5-13(19(22)27)9-16(14)26(28)29/h5-6,9-10,12H,3-4,7-8,11H2,1-2H3,(H2,22,27). The maximum absolute atomic E-state index is 11.4. The van der Waals surface area contributed by atoms with Gasteiger partial charge in [0.05, 0.1) is 9.80 Å². The van der Waals surface area contributed by atoms with Gasteiger partial charge in [0, 0.05) is 34.9 Å². The van der Waals surface area contributed by atoms with Crippen LogP contribution in [0.15, 0.2) is 29.4 Å². The predicted octanol–water partition coefficient (Wildman–Crippen LogP) is 4.36. The predicted molar refractivity (Wildman–Crippen MR) is 121 cm³/mol. The first-order valence-electron chi connectivity index (χ1n) is 10.1. The Morgan fingerprint density at radius 3 is 2.90 bits per heavy atom. The molecule has 3 aromatic rings. The maximum atomic E-state index is 11.4. The smallest absolute Gasteiger partial charge is 0.274 e. The van der Waals surface area contributed by atoms with E-state index in [1.165, 1.54) is 47.2 Å². The Labute approximate surface area is 188 Å². The first kappa shape index (κ1) is 21.5. The summed E-state index contributed by atoms with van der Waals surface area (Å²) in [6, 6.07) is 6.54. The summed E-state index contributed by atoms with van der Waals surface area (Å²) < 4.78 is 1.93. The van der Waals surface area contributed by atoms with Crippen molar-refractivity contribution < 1.29 is 9.72 Å². The Morgan fingerprint density at radius 2 is 2.19 bits per heavy atom. The molecule has 1 aliphatic rings. The highest BCUT2D eigenvalue weighted by Gasteiger charge is 2.23. The molecule has 0 saturated carbocycles. The zero-order chi connectivity index (χ0) is 22.1. The van der Waals surface area contributed by atoms with Gasteiger partial charge in [-0.25, -0.2) is 0 Å². The minimum Gasteiger partial charge on any atom is -0.366 e. The van der Waals surface area contributed by atoms with Gasteiger partial charge in [0.25, 0.3) is 5.69 Å². The number of nitrogens with zero attached hydrogens (tertiary/aromatic N) is 4. The Kier molecular flexibility index (Phi) is 6.10. The van der Waals surface area contributed by atoms with Crippen molar-refractivity contribution in [2.24, 2.45) is 18.7 Å². The molecule has 1 amide bonds. The molecular formula is C21H23N5O3S2. The van der Waals surface area contributed by atoms with Gasteiger partial charge in [0.15, 0.2) is 11.0 Å². The highest BCUT2D eigenvalue weighted by atomic mass is 32.2. The van der Waals surface area contributed by atoms with Crippen LogP contribution in [-0.2, 0) is 25.6 Å². The fraction of sp³-hybridized carbons (Fsp3) is 0.381. The zero-order valence-corrected chi connectivity index (χ0v) is 19.0. The number of nitro benzene ring substituents is 1. The molecule has 1 unspecified atom stereocenters. The number of amides is 1. The van der Waals surface area contributed by atoms with Crippen LogP contribution in [0.25, 0.3) is 10.7 Å². The van der Waals surface area contributed by atoms with E-state index in [-0.39, 0.29) is 11.3 Å². The molecule has 162 valence electrons. The molecular weight excluding hydrogens is 434 g/mol. The van der Waals surface area contributed by atoms with Crippen LogP contribution in [0.3, 0.4) is 0 Å². The summed E-state index contributed by atoms with van der Waals surface area (Å²) in [5, 5.41) is 20.8. The molecule has 0 spiro atoms. The Bertz CT molecular complexity index is 1150. The number of aromatic nitrogens is 3. The number of thioether (sulfide) groups is 1. The van der Waals surface area contributed by atoms with Gasteiger partial charge in [-0.15, -0.1) is 21.5 Å². The summed E-state index contributed by atoms with van der Waals surface area (Å²) in [5.74, 6) is 1.22. The number of fused-ring (bicyclic) bond motifs is 1. The van der Waals surface area contributed by atoms with Crippen LogP contribution < -0.4 is 5.73 Å². The molecule has 1 aromatic carbocycles. The second-order valence-corrected chi connectivity index (χ2v) is 9.77. The topological polar surface area (TPSA) is 117 Å². The first-order chi connectivity index (χ1) is 14.9. The largest absolute Gasteiger partial charge is 0.366 e. The van der Waals surface area contributed by atoms with Crippen molar-refractivity contribution in [2.75, 3.05) is 0 Å². The van der Waals surface area contributed by atoms with Crippen molar-refractivity contribution in [3.8, 4) is 10.7 Å². The van der Waals surface area contributed by atoms with Crippen LogP contribution in [0, 0.1) is 16.0 Å². The lowest BCUT2D eigenvalue weighted by atomic mass is 9.87. The van der Waals surface area contributed by atoms with E-state index >= 15 is 0 Å². The highest BCUT2D eigenvalue weighted by molar-refractivity contribution is 7.98. The number of hydrogen-bond acceptors (Lipinski definition) is 7. The summed E-state index contributed by atoms with van der Waals surface area (Å²) in [7, 11) is 1.91. The van der Waals surface area contributed by atoms with Crippen molar-refractivity contribution in [3.63, 3.8) is 0 Å². The lowest BCUT2D eigenvalue weighted by Gasteiger charge is -2.19. The molecule has 0 aliphatic heterocycles. The molecule has 0 bridgehead atoms. The minimum atomic E-state index is -0.691. The number of aryl methyl sites for hydroxylation is 1. The summed E-state index contributed by atoms with van der Waals surface area (Å²) in [6.07, 6.45) is 4.72. The molecule has 0 saturated heterocycles. The Hall–Kier alpha value is -2.72. The summed E-state index contributed by atoms with van der Waals surface area (Å²) in [4.78, 5) is 24.8. The minimum absolute atomic E-state index is 0.119. The summed E-state index contributed by atoms with van der Waals surface area (Å²) in [6.45, 7) is 2.25. The van der Waals surface area contributed by atoms with Gasteiger partial charge < -0.3 is 10.3 Å². The normalized spacial score (nSPS) is 15.6. The second-order valence-electron chi connectivity index (χ2n) is 7.69. The lowest BCUT2D eigenvalue weighted by molar-refractivity contribution is -0.385. The van der Waals surface area contributed by atoms with E-state index in [1.807, 2.05) is 11.6 Å². The molecule has 0 radical (unpaired) electrons. The van der Waals surface area contributed by atoms with Gasteiger partial charge in [-0.05, 0) is 42.9 Å². The van der Waals surface area contributed by atoms with Crippen molar-refractivity contribution in [3.05, 3.63) is 55.9 Å². The number of primary amides is 1. The molecule has 4 rings (SSSR count). The van der Waals surface area contributed by atoms with E-state index in [9.17, 15) is 14.9 Å². The van der Waals surface area contributed by atoms with Crippen molar-refractivity contribution in [1.82, 2.24) is 14.8 Å². The van der Waals surface area contributed by atoms with E-state index in [4.69, 9.17) is 5.73 Å². The molecule has 2 aromatic heterocycles. The van der Waals surface area contributed by atoms with Crippen LogP contribution in [0.1, 0.15) is 46.1 Å². The second kappa shape index (κ2) is 8.80. The van der Waals surface area contributed by atoms with E-state index < -0.39 is 10.8 Å². The zero-order valence-electron chi connectivity index (χ0n) is 17.3. The quantitative estimate of drug-likeness (QED) is 0.320. The Morgan fingerprint density at radius 1 is 1.39 bits per heavy atom. The number of hydrogen-bond donors (Lipinski definition) is 1. The summed E-state index contributed by atoms with van der Waals surface area (Å²) >= 11 is 3.16. The molecule has 8 nitrogen and oxygen atoms in total. The molecule has 1 aliphatic carbocycles. The number of carbonyl (C=O) groups excluding carboxylic acids is 1. The van der Waals surface area contributed by atoms with E-state index in [0.717, 1.165) is 29.5 Å². The van der Waals surface area contributed by atoms with Crippen LogP contribution in [0.4, 0.5) is 5.69 Å². The third-order valence-electron chi connectivity index (χ3n) is 5.74. The number of nitrogens with two attached hydrogens (primary N) is 1. The number of nitro groups is 1. The fourth-order valence-electron chi connectivity index (χ4n) is 3.86. The molecule has 31 heavy (non-hydrogen) atoms. The highest BCUT2D eigenvalue weighted by Crippen LogP contribution is 2.38. The molecule has 0 fully saturated rings. The number of rotatable bonds is 7. The van der Waals surface area contributed by atoms with Gasteiger partial charge in [-0.2, -0.15) is 0 Å². The monoisotopic (exact) mass is 457 g/mol. The summed E-state index contributed by atoms with van der Waals surface area (Å²) in [5.41, 5.74) is 7.17. The molecule has 2 heterocycles. The van der Waals surface area contributed by atoms with E-state index in [1.54, 1.807) is 17.4 Å². The lowest BCUT2D eigenvalue weighted by Crippen LogP contribution is -2.11. The van der Waals surface area contributed by atoms with Crippen LogP contribution in [0.2, 0.25) is 0 Å². The number of carbonyl (C=O) groups is 1. The molecule has 2 N–H and O–H groups in total. The van der Waals surface area contributed by atoms with Crippen molar-refractivity contribution in [2.45, 2.75) is 43.5 Å². The van der Waals surface area contributed by atoms with Crippen LogP contribution in [0.5, 0.6) is 0 Å². The van der Waals surface area contributed by atoms with Crippen molar-refractivity contribution in [1.29, 1.82) is 0 Å². The molecule has 10 heteroatoms. The Balaban J connectivity index is 1.53. The number of thiophene rings is 1.